The molecule has 37 heavy (non-hydrogen) atoms. The lowest BCUT2D eigenvalue weighted by Gasteiger charge is -2.10. The molecule has 0 spiro atoms. The monoisotopic (exact) mass is 495 g/mol. The summed E-state index contributed by atoms with van der Waals surface area (Å²) >= 11 is 0. The molecule has 0 unspecified atom stereocenters. The minimum absolute atomic E-state index is 0.0740. The lowest BCUT2D eigenvalue weighted by atomic mass is 10.1. The van der Waals surface area contributed by atoms with Crippen LogP contribution >= 0.6 is 0 Å². The van der Waals surface area contributed by atoms with E-state index in [0.29, 0.717) is 36.5 Å². The molecule has 2 heterocycles. The Balaban J connectivity index is 1.50. The Hall–Kier alpha value is -4.36. The summed E-state index contributed by atoms with van der Waals surface area (Å²) in [7, 11) is 0. The van der Waals surface area contributed by atoms with Crippen molar-refractivity contribution in [3.63, 3.8) is 0 Å². The minimum atomic E-state index is 0.0740. The minimum Gasteiger partial charge on any atom is -0.508 e. The molecular formula is C30H29N3O4. The molecule has 0 saturated heterocycles. The van der Waals surface area contributed by atoms with E-state index in [4.69, 9.17) is 19.8 Å². The van der Waals surface area contributed by atoms with Gasteiger partial charge in [0.2, 0.25) is 5.88 Å². The Morgan fingerprint density at radius 2 is 1.43 bits per heavy atom. The molecule has 0 aliphatic heterocycles. The SMILES string of the molecule is OCCCCOc1ccc(-c2cn3c(O)c(Cc4ccc(O)cc4)nc3c(Cc3ccccc3)n2)cc1. The number of hydrogen-bond acceptors (Lipinski definition) is 6. The van der Waals surface area contributed by atoms with Crippen LogP contribution in [0.4, 0.5) is 0 Å². The second-order valence-electron chi connectivity index (χ2n) is 8.96. The second kappa shape index (κ2) is 11.1. The molecule has 0 fully saturated rings. The fraction of sp³-hybridized carbons (Fsp3) is 0.200. The average Bonchev–Trinajstić information content (AvgIpc) is 3.24. The van der Waals surface area contributed by atoms with Gasteiger partial charge in [-0.3, -0.25) is 4.40 Å². The van der Waals surface area contributed by atoms with Crippen LogP contribution in [0.25, 0.3) is 16.9 Å². The van der Waals surface area contributed by atoms with Crippen LogP contribution in [0.1, 0.15) is 35.4 Å². The number of nitrogens with zero attached hydrogens (tertiary/aromatic N) is 3. The van der Waals surface area contributed by atoms with Gasteiger partial charge < -0.3 is 20.1 Å². The molecule has 0 amide bonds. The van der Waals surface area contributed by atoms with E-state index >= 15 is 0 Å². The van der Waals surface area contributed by atoms with Gasteiger partial charge in [0.15, 0.2) is 5.65 Å². The molecule has 0 atom stereocenters. The molecule has 5 rings (SSSR count). The van der Waals surface area contributed by atoms with Crippen molar-refractivity contribution < 1.29 is 20.1 Å². The van der Waals surface area contributed by atoms with E-state index in [-0.39, 0.29) is 18.2 Å². The average molecular weight is 496 g/mol. The molecule has 7 heteroatoms. The largest absolute Gasteiger partial charge is 0.508 e. The van der Waals surface area contributed by atoms with Gasteiger partial charge in [-0.05, 0) is 60.4 Å². The van der Waals surface area contributed by atoms with Crippen LogP contribution in [0.5, 0.6) is 17.4 Å². The number of aromatic hydroxyl groups is 2. The first-order valence-electron chi connectivity index (χ1n) is 12.4. The number of rotatable bonds is 10. The first-order chi connectivity index (χ1) is 18.1. The number of ether oxygens (including phenoxy) is 1. The Bertz CT molecular complexity index is 1460. The van der Waals surface area contributed by atoms with Gasteiger partial charge in [0.1, 0.15) is 17.2 Å². The van der Waals surface area contributed by atoms with Gasteiger partial charge in [0.05, 0.1) is 18.0 Å². The van der Waals surface area contributed by atoms with Gasteiger partial charge in [0.25, 0.3) is 0 Å². The highest BCUT2D eigenvalue weighted by Gasteiger charge is 2.18. The molecular weight excluding hydrogens is 466 g/mol. The Morgan fingerprint density at radius 3 is 2.16 bits per heavy atom. The van der Waals surface area contributed by atoms with Crippen molar-refractivity contribution in [2.24, 2.45) is 0 Å². The molecule has 188 valence electrons. The third-order valence-electron chi connectivity index (χ3n) is 6.21. The summed E-state index contributed by atoms with van der Waals surface area (Å²) in [4.78, 5) is 9.73. The quantitative estimate of drug-likeness (QED) is 0.232. The van der Waals surface area contributed by atoms with E-state index in [1.165, 1.54) is 0 Å². The number of unbranched alkanes of at least 4 members (excludes halogenated alkanes) is 1. The van der Waals surface area contributed by atoms with Crippen LogP contribution in [0.2, 0.25) is 0 Å². The van der Waals surface area contributed by atoms with Crippen molar-refractivity contribution >= 4 is 5.65 Å². The predicted octanol–water partition coefficient (Wildman–Crippen LogP) is 5.14. The van der Waals surface area contributed by atoms with Crippen LogP contribution in [0.3, 0.4) is 0 Å². The number of imidazole rings is 1. The van der Waals surface area contributed by atoms with Gasteiger partial charge in [-0.2, -0.15) is 0 Å². The molecule has 2 aromatic heterocycles. The van der Waals surface area contributed by atoms with Crippen molar-refractivity contribution in [1.29, 1.82) is 0 Å². The maximum Gasteiger partial charge on any atom is 0.219 e. The standard InChI is InChI=1S/C30H29N3O4/c34-16-4-5-17-37-25-14-10-23(11-15-25)28-20-33-29(26(31-28)18-21-6-2-1-3-7-21)32-27(30(33)36)19-22-8-12-24(35)13-9-22/h1-3,6-15,20,34-36H,4-5,16-19H2. The Kier molecular flexibility index (Phi) is 7.33. The lowest BCUT2D eigenvalue weighted by Crippen LogP contribution is -2.01. The number of phenolic OH excluding ortho intramolecular Hbond substituents is 1. The van der Waals surface area contributed by atoms with Gasteiger partial charge in [-0.15, -0.1) is 0 Å². The third kappa shape index (κ3) is 5.73. The van der Waals surface area contributed by atoms with E-state index in [1.54, 1.807) is 16.5 Å². The zero-order chi connectivity index (χ0) is 25.6. The third-order valence-corrected chi connectivity index (χ3v) is 6.21. The smallest absolute Gasteiger partial charge is 0.219 e. The van der Waals surface area contributed by atoms with Crippen LogP contribution in [-0.4, -0.2) is 42.9 Å². The molecule has 7 nitrogen and oxygen atoms in total. The molecule has 0 saturated carbocycles. The fourth-order valence-electron chi connectivity index (χ4n) is 4.24. The highest BCUT2D eigenvalue weighted by atomic mass is 16.5. The topological polar surface area (TPSA) is 100 Å². The summed E-state index contributed by atoms with van der Waals surface area (Å²) in [6, 6.07) is 24.7. The van der Waals surface area contributed by atoms with Crippen molar-refractivity contribution in [3.8, 4) is 28.6 Å². The number of fused-ring (bicyclic) bond motifs is 1. The zero-order valence-electron chi connectivity index (χ0n) is 20.4. The predicted molar refractivity (Wildman–Crippen MR) is 142 cm³/mol. The number of phenols is 1. The first kappa shape index (κ1) is 24.3. The van der Waals surface area contributed by atoms with E-state index < -0.39 is 0 Å². The van der Waals surface area contributed by atoms with Crippen LogP contribution in [0, 0.1) is 0 Å². The van der Waals surface area contributed by atoms with Crippen LogP contribution < -0.4 is 4.74 Å². The molecule has 0 bridgehead atoms. The maximum absolute atomic E-state index is 11.1. The second-order valence-corrected chi connectivity index (χ2v) is 8.96. The first-order valence-corrected chi connectivity index (χ1v) is 12.4. The van der Waals surface area contributed by atoms with E-state index in [9.17, 15) is 10.2 Å². The van der Waals surface area contributed by atoms with Gasteiger partial charge >= 0.3 is 0 Å². The molecule has 0 radical (unpaired) electrons. The van der Waals surface area contributed by atoms with Crippen molar-refractivity contribution in [2.45, 2.75) is 25.7 Å². The summed E-state index contributed by atoms with van der Waals surface area (Å²) < 4.78 is 7.46. The fourth-order valence-corrected chi connectivity index (χ4v) is 4.24. The summed E-state index contributed by atoms with van der Waals surface area (Å²) in [5.74, 6) is 1.03. The van der Waals surface area contributed by atoms with Gasteiger partial charge in [-0.25, -0.2) is 9.97 Å². The highest BCUT2D eigenvalue weighted by molar-refractivity contribution is 5.64. The number of hydrogen-bond donors (Lipinski definition) is 3. The maximum atomic E-state index is 11.1. The summed E-state index contributed by atoms with van der Waals surface area (Å²) in [6.07, 6.45) is 4.32. The molecule has 0 aliphatic carbocycles. The van der Waals surface area contributed by atoms with E-state index in [2.05, 4.69) is 0 Å². The van der Waals surface area contributed by atoms with Crippen LogP contribution in [-0.2, 0) is 12.8 Å². The van der Waals surface area contributed by atoms with E-state index in [1.807, 2.05) is 72.9 Å². The van der Waals surface area contributed by atoms with Crippen molar-refractivity contribution in [3.05, 3.63) is 108 Å². The number of aliphatic hydroxyl groups is 1. The van der Waals surface area contributed by atoms with Crippen molar-refractivity contribution in [1.82, 2.24) is 14.4 Å². The Labute approximate surface area is 215 Å². The van der Waals surface area contributed by atoms with E-state index in [0.717, 1.165) is 41.0 Å². The van der Waals surface area contributed by atoms with Gasteiger partial charge in [-0.1, -0.05) is 42.5 Å². The number of aromatic nitrogens is 3. The normalized spacial score (nSPS) is 11.2. The molecule has 3 aromatic carbocycles. The number of benzene rings is 3. The zero-order valence-corrected chi connectivity index (χ0v) is 20.4. The summed E-state index contributed by atoms with van der Waals surface area (Å²) in [5.41, 5.74) is 5.57. The van der Waals surface area contributed by atoms with Crippen molar-refractivity contribution in [2.75, 3.05) is 13.2 Å². The summed E-state index contributed by atoms with van der Waals surface area (Å²) in [5, 5.41) is 29.7. The molecule has 3 N–H and O–H groups in total. The summed E-state index contributed by atoms with van der Waals surface area (Å²) in [6.45, 7) is 0.720. The lowest BCUT2D eigenvalue weighted by molar-refractivity contribution is 0.253. The molecule has 5 aromatic rings. The molecule has 0 aliphatic rings. The van der Waals surface area contributed by atoms with Gasteiger partial charge in [0, 0.05) is 31.2 Å². The number of aliphatic hydroxyl groups excluding tert-OH is 1. The van der Waals surface area contributed by atoms with Crippen LogP contribution in [0.15, 0.2) is 85.1 Å². The Morgan fingerprint density at radius 1 is 0.730 bits per heavy atom. The highest BCUT2D eigenvalue weighted by Crippen LogP contribution is 2.29.